The molecule has 1 aromatic rings. The van der Waals surface area contributed by atoms with Crippen molar-refractivity contribution in [1.82, 2.24) is 15.5 Å². The van der Waals surface area contributed by atoms with Gasteiger partial charge in [-0.15, -0.1) is 0 Å². The molecular formula is C16H25N3O. The Labute approximate surface area is 121 Å². The van der Waals surface area contributed by atoms with Crippen molar-refractivity contribution in [3.63, 3.8) is 0 Å². The van der Waals surface area contributed by atoms with Gasteiger partial charge in [0.25, 0.3) is 0 Å². The van der Waals surface area contributed by atoms with Crippen LogP contribution in [0.2, 0.25) is 0 Å². The molecule has 1 aliphatic carbocycles. The summed E-state index contributed by atoms with van der Waals surface area (Å²) in [5.41, 5.74) is 1.34. The number of nitrogens with one attached hydrogen (secondary N) is 2. The molecule has 1 aromatic carbocycles. The summed E-state index contributed by atoms with van der Waals surface area (Å²) in [6.07, 6.45) is 3.35. The van der Waals surface area contributed by atoms with Crippen LogP contribution < -0.4 is 10.6 Å². The molecule has 0 atom stereocenters. The summed E-state index contributed by atoms with van der Waals surface area (Å²) in [5.74, 6) is 0.130. The number of nitrogens with zero attached hydrogens (tertiary/aromatic N) is 1. The third-order valence-electron chi connectivity index (χ3n) is 3.42. The fourth-order valence-electron chi connectivity index (χ4n) is 2.16. The second-order valence-electron chi connectivity index (χ2n) is 5.60. The standard InChI is InChI=1S/C16H25N3O/c1-19(13-14-6-3-2-4-7-14)11-5-10-17-12-16(20)18-15-8-9-15/h2-4,6-7,15,17H,5,8-13H2,1H3,(H,18,20). The molecule has 0 aromatic heterocycles. The Kier molecular flexibility index (Phi) is 6.02. The second kappa shape index (κ2) is 8.02. The van der Waals surface area contributed by atoms with Crippen molar-refractivity contribution < 1.29 is 4.79 Å². The van der Waals surface area contributed by atoms with Crippen LogP contribution >= 0.6 is 0 Å². The molecule has 2 rings (SSSR count). The minimum atomic E-state index is 0.130. The highest BCUT2D eigenvalue weighted by atomic mass is 16.2. The maximum atomic E-state index is 11.4. The first-order chi connectivity index (χ1) is 9.74. The Balaban J connectivity index is 1.48. The average molecular weight is 275 g/mol. The van der Waals surface area contributed by atoms with Gasteiger partial charge in [0, 0.05) is 12.6 Å². The van der Waals surface area contributed by atoms with Gasteiger partial charge in [0.1, 0.15) is 0 Å². The monoisotopic (exact) mass is 275 g/mol. The molecule has 0 heterocycles. The SMILES string of the molecule is CN(CCCNCC(=O)NC1CC1)Cc1ccccc1. The number of benzene rings is 1. The highest BCUT2D eigenvalue weighted by Crippen LogP contribution is 2.18. The topological polar surface area (TPSA) is 44.4 Å². The number of hydrogen-bond acceptors (Lipinski definition) is 3. The molecule has 0 aliphatic heterocycles. The largest absolute Gasteiger partial charge is 0.352 e. The van der Waals surface area contributed by atoms with E-state index in [1.165, 1.54) is 5.56 Å². The van der Waals surface area contributed by atoms with E-state index in [0.29, 0.717) is 12.6 Å². The highest BCUT2D eigenvalue weighted by Gasteiger charge is 2.22. The van der Waals surface area contributed by atoms with E-state index in [1.807, 2.05) is 6.07 Å². The molecule has 0 unspecified atom stereocenters. The quantitative estimate of drug-likeness (QED) is 0.669. The minimum absolute atomic E-state index is 0.130. The number of rotatable bonds is 9. The van der Waals surface area contributed by atoms with Gasteiger partial charge in [-0.2, -0.15) is 0 Å². The van der Waals surface area contributed by atoms with Crippen LogP contribution in [0.15, 0.2) is 30.3 Å². The fraction of sp³-hybridized carbons (Fsp3) is 0.562. The lowest BCUT2D eigenvalue weighted by atomic mass is 10.2. The van der Waals surface area contributed by atoms with Gasteiger partial charge in [0.15, 0.2) is 0 Å². The van der Waals surface area contributed by atoms with Crippen LogP contribution in [0.4, 0.5) is 0 Å². The molecule has 1 fully saturated rings. The Morgan fingerprint density at radius 1 is 1.30 bits per heavy atom. The first-order valence-corrected chi connectivity index (χ1v) is 7.46. The van der Waals surface area contributed by atoms with Gasteiger partial charge in [0.05, 0.1) is 6.54 Å². The Morgan fingerprint density at radius 2 is 2.05 bits per heavy atom. The van der Waals surface area contributed by atoms with Crippen LogP contribution in [-0.4, -0.2) is 43.5 Å². The van der Waals surface area contributed by atoms with Crippen molar-refractivity contribution >= 4 is 5.91 Å². The van der Waals surface area contributed by atoms with E-state index in [9.17, 15) is 4.79 Å². The number of carbonyl (C=O) groups excluding carboxylic acids is 1. The number of hydrogen-bond donors (Lipinski definition) is 2. The average Bonchev–Trinajstić information content (AvgIpc) is 3.23. The maximum Gasteiger partial charge on any atom is 0.234 e. The van der Waals surface area contributed by atoms with Gasteiger partial charge < -0.3 is 15.5 Å². The molecule has 0 spiro atoms. The predicted octanol–water partition coefficient (Wildman–Crippen LogP) is 1.38. The van der Waals surface area contributed by atoms with E-state index in [1.54, 1.807) is 0 Å². The zero-order valence-electron chi connectivity index (χ0n) is 12.3. The maximum absolute atomic E-state index is 11.4. The van der Waals surface area contributed by atoms with Crippen molar-refractivity contribution in [2.75, 3.05) is 26.7 Å². The Hall–Kier alpha value is -1.39. The summed E-state index contributed by atoms with van der Waals surface area (Å²) in [7, 11) is 2.13. The molecule has 0 bridgehead atoms. The van der Waals surface area contributed by atoms with Crippen molar-refractivity contribution in [3.8, 4) is 0 Å². The van der Waals surface area contributed by atoms with Crippen molar-refractivity contribution in [3.05, 3.63) is 35.9 Å². The molecule has 20 heavy (non-hydrogen) atoms. The van der Waals surface area contributed by atoms with Crippen molar-refractivity contribution in [1.29, 1.82) is 0 Å². The molecule has 1 amide bonds. The summed E-state index contributed by atoms with van der Waals surface area (Å²) in [6.45, 7) is 3.34. The highest BCUT2D eigenvalue weighted by molar-refractivity contribution is 5.78. The van der Waals surface area contributed by atoms with E-state index in [-0.39, 0.29) is 5.91 Å². The van der Waals surface area contributed by atoms with E-state index in [2.05, 4.69) is 46.8 Å². The van der Waals surface area contributed by atoms with Gasteiger partial charge >= 0.3 is 0 Å². The fourth-order valence-corrected chi connectivity index (χ4v) is 2.16. The zero-order valence-corrected chi connectivity index (χ0v) is 12.3. The van der Waals surface area contributed by atoms with Gasteiger partial charge in [-0.05, 0) is 45.0 Å². The third-order valence-corrected chi connectivity index (χ3v) is 3.42. The summed E-state index contributed by atoms with van der Waals surface area (Å²) in [4.78, 5) is 13.8. The van der Waals surface area contributed by atoms with E-state index >= 15 is 0 Å². The van der Waals surface area contributed by atoms with Crippen LogP contribution in [-0.2, 0) is 11.3 Å². The molecule has 0 saturated heterocycles. The van der Waals surface area contributed by atoms with Crippen LogP contribution in [0.5, 0.6) is 0 Å². The van der Waals surface area contributed by atoms with Crippen LogP contribution in [0.3, 0.4) is 0 Å². The second-order valence-corrected chi connectivity index (χ2v) is 5.60. The molecule has 1 saturated carbocycles. The summed E-state index contributed by atoms with van der Waals surface area (Å²) in [6, 6.07) is 10.9. The normalized spacial score (nSPS) is 14.5. The summed E-state index contributed by atoms with van der Waals surface area (Å²) < 4.78 is 0. The molecule has 2 N–H and O–H groups in total. The molecule has 110 valence electrons. The van der Waals surface area contributed by atoms with Gasteiger partial charge in [0.2, 0.25) is 5.91 Å². The zero-order chi connectivity index (χ0) is 14.2. The summed E-state index contributed by atoms with van der Waals surface area (Å²) in [5, 5.41) is 6.17. The molecule has 1 aliphatic rings. The number of amides is 1. The van der Waals surface area contributed by atoms with Crippen molar-refractivity contribution in [2.45, 2.75) is 31.8 Å². The molecule has 0 radical (unpaired) electrons. The van der Waals surface area contributed by atoms with Crippen molar-refractivity contribution in [2.24, 2.45) is 0 Å². The Morgan fingerprint density at radius 3 is 2.75 bits per heavy atom. The summed E-state index contributed by atoms with van der Waals surface area (Å²) >= 11 is 0. The number of carbonyl (C=O) groups is 1. The lowest BCUT2D eigenvalue weighted by Gasteiger charge is -2.16. The Bertz CT molecular complexity index is 403. The third kappa shape index (κ3) is 6.17. The van der Waals surface area contributed by atoms with E-state index in [4.69, 9.17) is 0 Å². The molecular weight excluding hydrogens is 250 g/mol. The van der Waals surface area contributed by atoms with E-state index in [0.717, 1.165) is 38.9 Å². The lowest BCUT2D eigenvalue weighted by Crippen LogP contribution is -2.36. The first kappa shape index (κ1) is 15.0. The van der Waals surface area contributed by atoms with Crippen LogP contribution in [0.1, 0.15) is 24.8 Å². The molecule has 4 nitrogen and oxygen atoms in total. The lowest BCUT2D eigenvalue weighted by molar-refractivity contribution is -0.120. The first-order valence-electron chi connectivity index (χ1n) is 7.46. The predicted molar refractivity (Wildman–Crippen MR) is 81.4 cm³/mol. The van der Waals surface area contributed by atoms with Gasteiger partial charge in [-0.25, -0.2) is 0 Å². The van der Waals surface area contributed by atoms with Gasteiger partial charge in [-0.3, -0.25) is 4.79 Å². The van der Waals surface area contributed by atoms with Crippen LogP contribution in [0, 0.1) is 0 Å². The smallest absolute Gasteiger partial charge is 0.234 e. The van der Waals surface area contributed by atoms with Crippen LogP contribution in [0.25, 0.3) is 0 Å². The minimum Gasteiger partial charge on any atom is -0.352 e. The van der Waals surface area contributed by atoms with E-state index < -0.39 is 0 Å². The van der Waals surface area contributed by atoms with Gasteiger partial charge in [-0.1, -0.05) is 30.3 Å². The molecule has 4 heteroatoms.